The lowest BCUT2D eigenvalue weighted by atomic mass is 10.1. The summed E-state index contributed by atoms with van der Waals surface area (Å²) in [6.07, 6.45) is 0. The Morgan fingerprint density at radius 3 is 2.60 bits per heavy atom. The molecule has 2 rings (SSSR count). The van der Waals surface area contributed by atoms with Crippen molar-refractivity contribution in [3.8, 4) is 6.07 Å². The molecule has 0 aliphatic heterocycles. The highest BCUT2D eigenvalue weighted by atomic mass is 16.2. The second-order valence-electron chi connectivity index (χ2n) is 4.53. The molecule has 4 nitrogen and oxygen atoms in total. The molecule has 0 aromatic heterocycles. The summed E-state index contributed by atoms with van der Waals surface area (Å²) in [7, 11) is 1.64. The van der Waals surface area contributed by atoms with Crippen molar-refractivity contribution in [2.75, 3.05) is 17.7 Å². The SMILES string of the molecule is Cc1cccc(C(=O)N(C)c2ccccc2C#N)c1N. The number of rotatable bonds is 2. The molecule has 100 valence electrons. The Kier molecular flexibility index (Phi) is 3.72. The molecule has 0 heterocycles. The summed E-state index contributed by atoms with van der Waals surface area (Å²) in [5.74, 6) is -0.228. The Hall–Kier alpha value is -2.80. The van der Waals surface area contributed by atoms with Gasteiger partial charge in [-0.25, -0.2) is 0 Å². The Bertz CT molecular complexity index is 701. The van der Waals surface area contributed by atoms with E-state index >= 15 is 0 Å². The lowest BCUT2D eigenvalue weighted by Crippen LogP contribution is -2.27. The summed E-state index contributed by atoms with van der Waals surface area (Å²) in [5, 5.41) is 9.11. The number of nitriles is 1. The predicted molar refractivity (Wildman–Crippen MR) is 79.5 cm³/mol. The summed E-state index contributed by atoms with van der Waals surface area (Å²) < 4.78 is 0. The van der Waals surface area contributed by atoms with Gasteiger partial charge in [-0.3, -0.25) is 4.79 Å². The van der Waals surface area contributed by atoms with Crippen molar-refractivity contribution in [3.63, 3.8) is 0 Å². The zero-order valence-electron chi connectivity index (χ0n) is 11.4. The van der Waals surface area contributed by atoms with Gasteiger partial charge >= 0.3 is 0 Å². The van der Waals surface area contributed by atoms with Gasteiger partial charge in [-0.2, -0.15) is 5.26 Å². The maximum atomic E-state index is 12.5. The molecular weight excluding hydrogens is 250 g/mol. The van der Waals surface area contributed by atoms with E-state index < -0.39 is 0 Å². The van der Waals surface area contributed by atoms with Crippen molar-refractivity contribution >= 4 is 17.3 Å². The largest absolute Gasteiger partial charge is 0.398 e. The van der Waals surface area contributed by atoms with Gasteiger partial charge in [0.25, 0.3) is 5.91 Å². The van der Waals surface area contributed by atoms with Crippen LogP contribution < -0.4 is 10.6 Å². The fourth-order valence-corrected chi connectivity index (χ4v) is 2.02. The number of nitrogen functional groups attached to an aromatic ring is 1. The highest BCUT2D eigenvalue weighted by molar-refractivity contribution is 6.09. The van der Waals surface area contributed by atoms with E-state index in [0.717, 1.165) is 5.56 Å². The molecule has 0 radical (unpaired) electrons. The predicted octanol–water partition coefficient (Wildman–Crippen LogP) is 2.73. The molecule has 1 amide bonds. The van der Waals surface area contributed by atoms with Crippen LogP contribution in [0.25, 0.3) is 0 Å². The molecule has 2 N–H and O–H groups in total. The van der Waals surface area contributed by atoms with E-state index in [1.54, 1.807) is 43.4 Å². The number of benzene rings is 2. The molecule has 0 unspecified atom stereocenters. The van der Waals surface area contributed by atoms with Gasteiger partial charge < -0.3 is 10.6 Å². The summed E-state index contributed by atoms with van der Waals surface area (Å²) in [5.41, 5.74) is 8.76. The fraction of sp³-hybridized carbons (Fsp3) is 0.125. The van der Waals surface area contributed by atoms with Crippen LogP contribution in [0.5, 0.6) is 0 Å². The van der Waals surface area contributed by atoms with Crippen LogP contribution in [0.4, 0.5) is 11.4 Å². The Morgan fingerprint density at radius 1 is 1.20 bits per heavy atom. The van der Waals surface area contributed by atoms with Crippen LogP contribution in [0.15, 0.2) is 42.5 Å². The smallest absolute Gasteiger partial charge is 0.260 e. The van der Waals surface area contributed by atoms with Crippen LogP contribution in [-0.4, -0.2) is 13.0 Å². The quantitative estimate of drug-likeness (QED) is 0.849. The fourth-order valence-electron chi connectivity index (χ4n) is 2.02. The molecule has 0 saturated carbocycles. The maximum absolute atomic E-state index is 12.5. The Labute approximate surface area is 118 Å². The second kappa shape index (κ2) is 5.45. The number of anilines is 2. The average molecular weight is 265 g/mol. The topological polar surface area (TPSA) is 70.1 Å². The molecule has 20 heavy (non-hydrogen) atoms. The van der Waals surface area contributed by atoms with Gasteiger partial charge in [-0.15, -0.1) is 0 Å². The standard InChI is InChI=1S/C16H15N3O/c1-11-6-5-8-13(15(11)18)16(20)19(2)14-9-4-3-7-12(14)10-17/h3-9H,18H2,1-2H3. The van der Waals surface area contributed by atoms with Gasteiger partial charge in [0, 0.05) is 12.7 Å². The van der Waals surface area contributed by atoms with Crippen LogP contribution in [-0.2, 0) is 0 Å². The van der Waals surface area contributed by atoms with Crippen molar-refractivity contribution in [1.82, 2.24) is 0 Å². The van der Waals surface area contributed by atoms with Gasteiger partial charge in [-0.1, -0.05) is 24.3 Å². The summed E-state index contributed by atoms with van der Waals surface area (Å²) in [6, 6.07) is 14.4. The van der Waals surface area contributed by atoms with E-state index in [4.69, 9.17) is 11.0 Å². The van der Waals surface area contributed by atoms with E-state index in [0.29, 0.717) is 22.5 Å². The third-order valence-corrected chi connectivity index (χ3v) is 3.25. The molecule has 0 fully saturated rings. The number of carbonyl (C=O) groups excluding carboxylic acids is 1. The minimum absolute atomic E-state index is 0.228. The lowest BCUT2D eigenvalue weighted by molar-refractivity contribution is 0.0993. The third-order valence-electron chi connectivity index (χ3n) is 3.25. The first-order valence-electron chi connectivity index (χ1n) is 6.18. The summed E-state index contributed by atoms with van der Waals surface area (Å²) in [4.78, 5) is 14.0. The van der Waals surface area contributed by atoms with Crippen molar-refractivity contribution in [2.45, 2.75) is 6.92 Å². The first kappa shape index (κ1) is 13.6. The first-order chi connectivity index (χ1) is 9.56. The monoisotopic (exact) mass is 265 g/mol. The lowest BCUT2D eigenvalue weighted by Gasteiger charge is -2.20. The molecular formula is C16H15N3O. The van der Waals surface area contributed by atoms with Gasteiger partial charge in [0.2, 0.25) is 0 Å². The number of carbonyl (C=O) groups is 1. The molecule has 0 spiro atoms. The first-order valence-corrected chi connectivity index (χ1v) is 6.18. The molecule has 0 aliphatic carbocycles. The number of hydrogen-bond acceptors (Lipinski definition) is 3. The van der Waals surface area contributed by atoms with Crippen LogP contribution in [0.3, 0.4) is 0 Å². The second-order valence-corrected chi connectivity index (χ2v) is 4.53. The zero-order chi connectivity index (χ0) is 14.7. The van der Waals surface area contributed by atoms with E-state index in [1.165, 1.54) is 4.90 Å². The van der Waals surface area contributed by atoms with Gasteiger partial charge in [0.15, 0.2) is 0 Å². The number of para-hydroxylation sites is 2. The molecule has 4 heteroatoms. The number of amides is 1. The molecule has 0 atom stereocenters. The Balaban J connectivity index is 2.44. The van der Waals surface area contributed by atoms with Crippen LogP contribution in [0, 0.1) is 18.3 Å². The minimum atomic E-state index is -0.228. The van der Waals surface area contributed by atoms with Crippen molar-refractivity contribution in [3.05, 3.63) is 59.2 Å². The molecule has 0 bridgehead atoms. The van der Waals surface area contributed by atoms with Crippen LogP contribution in [0.1, 0.15) is 21.5 Å². The average Bonchev–Trinajstić information content (AvgIpc) is 2.48. The molecule has 2 aromatic carbocycles. The number of aryl methyl sites for hydroxylation is 1. The van der Waals surface area contributed by atoms with Crippen molar-refractivity contribution in [2.24, 2.45) is 0 Å². The maximum Gasteiger partial charge on any atom is 0.260 e. The molecule has 0 aliphatic rings. The van der Waals surface area contributed by atoms with E-state index in [-0.39, 0.29) is 5.91 Å². The highest BCUT2D eigenvalue weighted by Crippen LogP contribution is 2.23. The number of nitrogens with zero attached hydrogens (tertiary/aromatic N) is 2. The van der Waals surface area contributed by atoms with Gasteiger partial charge in [0.1, 0.15) is 6.07 Å². The van der Waals surface area contributed by atoms with E-state index in [2.05, 4.69) is 6.07 Å². The highest BCUT2D eigenvalue weighted by Gasteiger charge is 2.18. The molecule has 2 aromatic rings. The third kappa shape index (κ3) is 2.34. The summed E-state index contributed by atoms with van der Waals surface area (Å²) in [6.45, 7) is 1.86. The van der Waals surface area contributed by atoms with Crippen LogP contribution in [0.2, 0.25) is 0 Å². The molecule has 0 saturated heterocycles. The van der Waals surface area contributed by atoms with Crippen molar-refractivity contribution < 1.29 is 4.79 Å². The number of hydrogen-bond donors (Lipinski definition) is 1. The van der Waals surface area contributed by atoms with Gasteiger partial charge in [0.05, 0.1) is 16.8 Å². The minimum Gasteiger partial charge on any atom is -0.398 e. The van der Waals surface area contributed by atoms with Gasteiger partial charge in [-0.05, 0) is 30.7 Å². The van der Waals surface area contributed by atoms with E-state index in [9.17, 15) is 4.79 Å². The van der Waals surface area contributed by atoms with Crippen molar-refractivity contribution in [1.29, 1.82) is 5.26 Å². The van der Waals surface area contributed by atoms with Crippen LogP contribution >= 0.6 is 0 Å². The Morgan fingerprint density at radius 2 is 1.90 bits per heavy atom. The zero-order valence-corrected chi connectivity index (χ0v) is 11.4. The normalized spacial score (nSPS) is 9.85. The van der Waals surface area contributed by atoms with E-state index in [1.807, 2.05) is 13.0 Å². The number of nitrogens with two attached hydrogens (primary N) is 1. The summed E-state index contributed by atoms with van der Waals surface area (Å²) >= 11 is 0.